The summed E-state index contributed by atoms with van der Waals surface area (Å²) in [5.74, 6) is -2.10. The summed E-state index contributed by atoms with van der Waals surface area (Å²) >= 11 is 0. The molecule has 0 spiro atoms. The molecule has 1 rings (SSSR count). The van der Waals surface area contributed by atoms with Crippen molar-refractivity contribution in [2.45, 2.75) is 0 Å². The molecule has 0 saturated heterocycles. The number of nitrogens with zero attached hydrogens (tertiary/aromatic N) is 1. The second-order valence-electron chi connectivity index (χ2n) is 2.64. The fourth-order valence-electron chi connectivity index (χ4n) is 1.15. The van der Waals surface area contributed by atoms with Gasteiger partial charge in [0.1, 0.15) is 6.07 Å². The third-order valence-electron chi connectivity index (χ3n) is 1.80. The molecule has 1 aromatic carbocycles. The summed E-state index contributed by atoms with van der Waals surface area (Å²) in [7, 11) is 1.13. The summed E-state index contributed by atoms with van der Waals surface area (Å²) in [5, 5.41) is 17.5. The number of carboxylic acids is 1. The molecule has 0 bridgehead atoms. The molecule has 0 radical (unpaired) electrons. The number of hydrogen-bond acceptors (Lipinski definition) is 4. The van der Waals surface area contributed by atoms with Gasteiger partial charge in [-0.1, -0.05) is 6.07 Å². The van der Waals surface area contributed by atoms with Crippen LogP contribution in [0.15, 0.2) is 18.2 Å². The Bertz CT molecular complexity index is 459. The zero-order chi connectivity index (χ0) is 11.4. The predicted molar refractivity (Wildman–Crippen MR) is 49.5 cm³/mol. The van der Waals surface area contributed by atoms with E-state index in [0.717, 1.165) is 7.11 Å². The summed E-state index contributed by atoms with van der Waals surface area (Å²) in [6.45, 7) is 0. The smallest absolute Gasteiger partial charge is 0.340 e. The number of methoxy groups -OCH3 is 1. The molecule has 15 heavy (non-hydrogen) atoms. The molecule has 1 aromatic rings. The van der Waals surface area contributed by atoms with E-state index in [4.69, 9.17) is 10.4 Å². The van der Waals surface area contributed by atoms with E-state index in [9.17, 15) is 9.59 Å². The lowest BCUT2D eigenvalue weighted by Crippen LogP contribution is -2.12. The van der Waals surface area contributed by atoms with Crippen LogP contribution >= 0.6 is 0 Å². The van der Waals surface area contributed by atoms with Crippen LogP contribution in [0.5, 0.6) is 0 Å². The van der Waals surface area contributed by atoms with Crippen LogP contribution in [0.2, 0.25) is 0 Å². The molecule has 1 N–H and O–H groups in total. The first-order valence-electron chi connectivity index (χ1n) is 3.96. The third kappa shape index (κ3) is 1.94. The minimum atomic E-state index is -1.27. The van der Waals surface area contributed by atoms with E-state index in [0.29, 0.717) is 0 Å². The molecule has 0 heterocycles. The number of carbonyl (C=O) groups is 2. The average molecular weight is 205 g/mol. The number of esters is 1. The van der Waals surface area contributed by atoms with Crippen molar-refractivity contribution in [2.24, 2.45) is 0 Å². The number of nitriles is 1. The van der Waals surface area contributed by atoms with Gasteiger partial charge in [0, 0.05) is 0 Å². The summed E-state index contributed by atoms with van der Waals surface area (Å²) in [5.41, 5.74) is -0.461. The van der Waals surface area contributed by atoms with Crippen LogP contribution in [-0.4, -0.2) is 24.2 Å². The van der Waals surface area contributed by atoms with Gasteiger partial charge in [-0.05, 0) is 12.1 Å². The minimum Gasteiger partial charge on any atom is -0.478 e. The zero-order valence-corrected chi connectivity index (χ0v) is 7.85. The maximum absolute atomic E-state index is 11.3. The van der Waals surface area contributed by atoms with E-state index >= 15 is 0 Å². The molecule has 0 fully saturated rings. The predicted octanol–water partition coefficient (Wildman–Crippen LogP) is 1.04. The zero-order valence-electron chi connectivity index (χ0n) is 7.85. The third-order valence-corrected chi connectivity index (χ3v) is 1.80. The van der Waals surface area contributed by atoms with Crippen LogP contribution in [0.4, 0.5) is 0 Å². The van der Waals surface area contributed by atoms with Crippen molar-refractivity contribution in [1.29, 1.82) is 5.26 Å². The Labute approximate surface area is 85.5 Å². The first-order chi connectivity index (χ1) is 7.11. The first-order valence-corrected chi connectivity index (χ1v) is 3.96. The molecule has 0 aliphatic carbocycles. The number of benzene rings is 1. The van der Waals surface area contributed by atoms with Gasteiger partial charge in [0.15, 0.2) is 0 Å². The lowest BCUT2D eigenvalue weighted by Gasteiger charge is -2.05. The number of ether oxygens (including phenoxy) is 1. The van der Waals surface area contributed by atoms with Crippen molar-refractivity contribution in [3.8, 4) is 6.07 Å². The van der Waals surface area contributed by atoms with Crippen LogP contribution in [0.1, 0.15) is 26.3 Å². The van der Waals surface area contributed by atoms with Crippen LogP contribution in [0, 0.1) is 11.3 Å². The quantitative estimate of drug-likeness (QED) is 0.729. The summed E-state index contributed by atoms with van der Waals surface area (Å²) in [6, 6.07) is 5.74. The van der Waals surface area contributed by atoms with Crippen molar-refractivity contribution in [3.63, 3.8) is 0 Å². The van der Waals surface area contributed by atoms with Crippen molar-refractivity contribution in [3.05, 3.63) is 34.9 Å². The molecular weight excluding hydrogens is 198 g/mol. The highest BCUT2D eigenvalue weighted by molar-refractivity contribution is 6.04. The van der Waals surface area contributed by atoms with Gasteiger partial charge < -0.3 is 9.84 Å². The average Bonchev–Trinajstić information content (AvgIpc) is 2.26. The second-order valence-corrected chi connectivity index (χ2v) is 2.64. The van der Waals surface area contributed by atoms with Gasteiger partial charge in [-0.3, -0.25) is 0 Å². The van der Waals surface area contributed by atoms with Crippen molar-refractivity contribution in [1.82, 2.24) is 0 Å². The maximum Gasteiger partial charge on any atom is 0.340 e. The van der Waals surface area contributed by atoms with Crippen LogP contribution in [-0.2, 0) is 4.74 Å². The number of aromatic carboxylic acids is 1. The Morgan fingerprint density at radius 1 is 1.47 bits per heavy atom. The van der Waals surface area contributed by atoms with Gasteiger partial charge in [-0.15, -0.1) is 0 Å². The van der Waals surface area contributed by atoms with E-state index in [2.05, 4.69) is 4.74 Å². The summed E-state index contributed by atoms with van der Waals surface area (Å²) in [4.78, 5) is 22.1. The molecule has 0 aliphatic heterocycles. The second kappa shape index (κ2) is 4.24. The number of carboxylic acid groups (broad SMARTS) is 1. The number of hydrogen-bond donors (Lipinski definition) is 1. The molecule has 0 saturated carbocycles. The molecular formula is C10H7NO4. The van der Waals surface area contributed by atoms with Crippen molar-refractivity contribution >= 4 is 11.9 Å². The fraction of sp³-hybridized carbons (Fsp3) is 0.100. The summed E-state index contributed by atoms with van der Waals surface area (Å²) in [6.07, 6.45) is 0. The Balaban J connectivity index is 3.48. The van der Waals surface area contributed by atoms with Gasteiger partial charge in [0.05, 0.1) is 23.8 Å². The lowest BCUT2D eigenvalue weighted by atomic mass is 10.0. The molecule has 5 nitrogen and oxygen atoms in total. The molecule has 76 valence electrons. The van der Waals surface area contributed by atoms with E-state index in [1.807, 2.05) is 0 Å². The first kappa shape index (κ1) is 10.7. The lowest BCUT2D eigenvalue weighted by molar-refractivity contribution is 0.0582. The highest BCUT2D eigenvalue weighted by atomic mass is 16.5. The number of rotatable bonds is 2. The van der Waals surface area contributed by atoms with E-state index in [1.54, 1.807) is 6.07 Å². The van der Waals surface area contributed by atoms with Gasteiger partial charge in [-0.2, -0.15) is 5.26 Å². The molecule has 0 aromatic heterocycles. The summed E-state index contributed by atoms with van der Waals surface area (Å²) < 4.78 is 4.42. The molecule has 0 aliphatic rings. The van der Waals surface area contributed by atoms with Crippen molar-refractivity contribution < 1.29 is 19.4 Å². The molecule has 5 heteroatoms. The molecule has 0 amide bonds. The monoisotopic (exact) mass is 205 g/mol. The Morgan fingerprint density at radius 2 is 2.13 bits per heavy atom. The Morgan fingerprint density at radius 3 is 2.60 bits per heavy atom. The highest BCUT2D eigenvalue weighted by Crippen LogP contribution is 2.15. The van der Waals surface area contributed by atoms with Crippen LogP contribution < -0.4 is 0 Å². The fourth-order valence-corrected chi connectivity index (χ4v) is 1.15. The topological polar surface area (TPSA) is 87.4 Å². The van der Waals surface area contributed by atoms with Crippen LogP contribution in [0.3, 0.4) is 0 Å². The van der Waals surface area contributed by atoms with Crippen molar-refractivity contribution in [2.75, 3.05) is 7.11 Å². The van der Waals surface area contributed by atoms with E-state index in [1.165, 1.54) is 18.2 Å². The van der Waals surface area contributed by atoms with E-state index < -0.39 is 11.9 Å². The molecule has 0 unspecified atom stereocenters. The molecule has 0 atom stereocenters. The van der Waals surface area contributed by atoms with Gasteiger partial charge in [-0.25, -0.2) is 9.59 Å². The van der Waals surface area contributed by atoms with Crippen LogP contribution in [0.25, 0.3) is 0 Å². The minimum absolute atomic E-state index is 0.0123. The largest absolute Gasteiger partial charge is 0.478 e. The van der Waals surface area contributed by atoms with Gasteiger partial charge in [0.25, 0.3) is 0 Å². The van der Waals surface area contributed by atoms with Gasteiger partial charge in [0.2, 0.25) is 0 Å². The Hall–Kier alpha value is -2.35. The normalized spacial score (nSPS) is 9.07. The van der Waals surface area contributed by atoms with E-state index in [-0.39, 0.29) is 16.7 Å². The SMILES string of the molecule is COC(=O)c1c(C#N)cccc1C(=O)O. The maximum atomic E-state index is 11.3. The Kier molecular flexibility index (Phi) is 3.03. The highest BCUT2D eigenvalue weighted by Gasteiger charge is 2.20. The number of carbonyl (C=O) groups excluding carboxylic acids is 1. The van der Waals surface area contributed by atoms with Gasteiger partial charge >= 0.3 is 11.9 Å². The standard InChI is InChI=1S/C10H7NO4/c1-15-10(14)8-6(5-11)3-2-4-7(8)9(12)13/h2-4H,1H3,(H,12,13).